The van der Waals surface area contributed by atoms with Gasteiger partial charge in [-0.3, -0.25) is 19.3 Å². The number of hydrogen-bond donors (Lipinski definition) is 3. The summed E-state index contributed by atoms with van der Waals surface area (Å²) in [5.74, 6) is -2.31. The third kappa shape index (κ3) is 9.23. The summed E-state index contributed by atoms with van der Waals surface area (Å²) in [6.45, 7) is 5.66. The number of rotatable bonds is 6. The molecule has 0 aromatic heterocycles. The molecule has 3 aliphatic heterocycles. The van der Waals surface area contributed by atoms with Gasteiger partial charge in [0.25, 0.3) is 15.9 Å². The van der Waals surface area contributed by atoms with E-state index in [1.165, 1.54) is 36.3 Å². The van der Waals surface area contributed by atoms with Gasteiger partial charge in [-0.15, -0.1) is 0 Å². The van der Waals surface area contributed by atoms with Gasteiger partial charge in [-0.05, 0) is 81.8 Å². The largest absolute Gasteiger partial charge is 0.497 e. The van der Waals surface area contributed by atoms with Gasteiger partial charge in [0.1, 0.15) is 35.1 Å². The lowest BCUT2D eigenvalue weighted by atomic mass is 10.0. The molecule has 4 aliphatic rings. The number of hydrogen-bond acceptors (Lipinski definition) is 10. The van der Waals surface area contributed by atoms with Crippen LogP contribution in [-0.2, 0) is 47.0 Å². The van der Waals surface area contributed by atoms with Gasteiger partial charge in [-0.2, -0.15) is 0 Å². The van der Waals surface area contributed by atoms with Crippen molar-refractivity contribution in [2.24, 2.45) is 5.92 Å². The van der Waals surface area contributed by atoms with E-state index in [4.69, 9.17) is 14.2 Å². The van der Waals surface area contributed by atoms with Gasteiger partial charge in [0, 0.05) is 25.4 Å². The van der Waals surface area contributed by atoms with Crippen molar-refractivity contribution in [3.8, 4) is 5.75 Å². The number of amides is 5. The van der Waals surface area contributed by atoms with E-state index >= 15 is 0 Å². The van der Waals surface area contributed by atoms with Crippen LogP contribution in [0.3, 0.4) is 0 Å². The molecule has 2 fully saturated rings. The number of nitrogens with zero attached hydrogens (tertiary/aromatic N) is 2. The second-order valence-corrected chi connectivity index (χ2v) is 17.2. The Hall–Kier alpha value is -5.12. The van der Waals surface area contributed by atoms with Crippen LogP contribution in [0.2, 0.25) is 0 Å². The molecule has 3 heterocycles. The highest BCUT2D eigenvalue weighted by molar-refractivity contribution is 7.90. The molecule has 15 nitrogen and oxygen atoms in total. The van der Waals surface area contributed by atoms with Gasteiger partial charge in [0.05, 0.1) is 18.6 Å². The number of methoxy groups -OCH3 is 1. The lowest BCUT2D eigenvalue weighted by Gasteiger charge is -2.30. The average Bonchev–Trinajstić information content (AvgIpc) is 3.42. The Labute approximate surface area is 321 Å². The Morgan fingerprint density at radius 3 is 2.31 bits per heavy atom. The number of sulfonamides is 1. The molecule has 0 unspecified atom stereocenters. The van der Waals surface area contributed by atoms with Crippen molar-refractivity contribution < 1.29 is 46.6 Å². The minimum atomic E-state index is -4.35. The van der Waals surface area contributed by atoms with Gasteiger partial charge in [0.2, 0.25) is 11.8 Å². The SMILES string of the molecule is COc1ccc(S(=O)(=O)NC(=O)[C@@]23C[C@@H]2C=CCCCCC[C@H](NC(=O)OC(C)(C)C)C(=O)N2C[C@H](OC(=O)N4Cc5ccccc5C4)C[C@H]2C(=O)N3)cc1. The van der Waals surface area contributed by atoms with Crippen LogP contribution < -0.4 is 20.1 Å². The summed E-state index contributed by atoms with van der Waals surface area (Å²) < 4.78 is 45.3. The van der Waals surface area contributed by atoms with E-state index in [1.54, 1.807) is 25.7 Å². The van der Waals surface area contributed by atoms with Crippen LogP contribution in [-0.4, -0.2) is 91.1 Å². The number of carbonyl (C=O) groups excluding carboxylic acids is 5. The number of fused-ring (bicyclic) bond motifs is 3. The van der Waals surface area contributed by atoms with Crippen LogP contribution in [0.1, 0.15) is 76.8 Å². The van der Waals surface area contributed by atoms with E-state index in [9.17, 15) is 32.4 Å². The number of alkyl carbamates (subject to hydrolysis) is 1. The van der Waals surface area contributed by atoms with Crippen molar-refractivity contribution in [2.45, 2.75) is 113 Å². The zero-order chi connectivity index (χ0) is 39.5. The standard InChI is InChI=1S/C39H49N5O10S/c1-38(2,3)54-36(48)40-31-15-9-7-5-6-8-14-27-21-39(27,35(47)42-55(50,51)30-18-16-28(52-4)17-19-30)41-33(45)32-20-29(24-44(32)34(31)46)53-37(49)43-22-25-12-10-11-13-26(25)23-43/h8,10-14,16-19,27,29,31-32H,5-7,9,15,20-24H2,1-4H3,(H,40,48)(H,41,45)(H,42,47)/t27-,29+,31-,32-,39+/m0/s1. The normalized spacial score (nSPS) is 25.6. The van der Waals surface area contributed by atoms with E-state index in [0.717, 1.165) is 24.0 Å². The van der Waals surface area contributed by atoms with E-state index in [0.29, 0.717) is 31.7 Å². The molecule has 16 heteroatoms. The molecule has 2 aromatic rings. The lowest BCUT2D eigenvalue weighted by Crippen LogP contribution is -2.58. The Balaban J connectivity index is 1.26. The average molecular weight is 780 g/mol. The minimum absolute atomic E-state index is 0.0917. The van der Waals surface area contributed by atoms with Crippen LogP contribution in [0, 0.1) is 5.92 Å². The van der Waals surface area contributed by atoms with Crippen LogP contribution in [0.4, 0.5) is 9.59 Å². The Kier molecular flexibility index (Phi) is 11.5. The first-order valence-electron chi connectivity index (χ1n) is 18.6. The zero-order valence-electron chi connectivity index (χ0n) is 31.5. The second kappa shape index (κ2) is 15.9. The molecular formula is C39H49N5O10S. The van der Waals surface area contributed by atoms with Gasteiger partial charge in [-0.25, -0.2) is 22.7 Å². The maximum atomic E-state index is 14.4. The van der Waals surface area contributed by atoms with Gasteiger partial charge < -0.3 is 29.7 Å². The first-order chi connectivity index (χ1) is 26.1. The topological polar surface area (TPSA) is 190 Å². The van der Waals surface area contributed by atoms with E-state index in [1.807, 2.05) is 36.4 Å². The molecule has 55 heavy (non-hydrogen) atoms. The Morgan fingerprint density at radius 1 is 0.964 bits per heavy atom. The van der Waals surface area contributed by atoms with E-state index < -0.39 is 75.2 Å². The molecule has 1 saturated heterocycles. The van der Waals surface area contributed by atoms with Crippen molar-refractivity contribution in [1.82, 2.24) is 25.2 Å². The van der Waals surface area contributed by atoms with Gasteiger partial charge in [-0.1, -0.05) is 49.3 Å². The number of ether oxygens (including phenoxy) is 3. The third-order valence-corrected chi connectivity index (χ3v) is 11.6. The zero-order valence-corrected chi connectivity index (χ0v) is 32.4. The minimum Gasteiger partial charge on any atom is -0.497 e. The molecule has 5 atom stereocenters. The van der Waals surface area contributed by atoms with Crippen molar-refractivity contribution in [2.75, 3.05) is 13.7 Å². The van der Waals surface area contributed by atoms with Crippen LogP contribution in [0.5, 0.6) is 5.75 Å². The van der Waals surface area contributed by atoms with Crippen LogP contribution in [0.15, 0.2) is 65.6 Å². The monoisotopic (exact) mass is 779 g/mol. The molecule has 1 aliphatic carbocycles. The molecule has 0 spiro atoms. The molecule has 5 amide bonds. The summed E-state index contributed by atoms with van der Waals surface area (Å²) in [4.78, 5) is 71.7. The highest BCUT2D eigenvalue weighted by Crippen LogP contribution is 2.46. The summed E-state index contributed by atoms with van der Waals surface area (Å²) in [6, 6.07) is 10.9. The molecule has 2 aromatic carbocycles. The second-order valence-electron chi connectivity index (χ2n) is 15.5. The number of carbonyl (C=O) groups is 5. The quantitative estimate of drug-likeness (QED) is 0.363. The highest BCUT2D eigenvalue weighted by atomic mass is 32.2. The Morgan fingerprint density at radius 2 is 1.65 bits per heavy atom. The molecule has 0 bridgehead atoms. The first kappa shape index (κ1) is 39.6. The fourth-order valence-electron chi connectivity index (χ4n) is 7.32. The molecule has 0 radical (unpaired) electrons. The van der Waals surface area contributed by atoms with Crippen LogP contribution in [0.25, 0.3) is 0 Å². The molecule has 1 saturated carbocycles. The summed E-state index contributed by atoms with van der Waals surface area (Å²) in [5, 5.41) is 5.50. The maximum absolute atomic E-state index is 14.4. The molecule has 3 N–H and O–H groups in total. The van der Waals surface area contributed by atoms with Crippen molar-refractivity contribution in [3.63, 3.8) is 0 Å². The smallest absolute Gasteiger partial charge is 0.410 e. The number of allylic oxidation sites excluding steroid dienone is 1. The molecule has 6 rings (SSSR count). The number of benzene rings is 2. The lowest BCUT2D eigenvalue weighted by molar-refractivity contribution is -0.141. The summed E-state index contributed by atoms with van der Waals surface area (Å²) in [5.41, 5.74) is -0.475. The highest BCUT2D eigenvalue weighted by Gasteiger charge is 2.61. The van der Waals surface area contributed by atoms with Crippen LogP contribution >= 0.6 is 0 Å². The predicted octanol–water partition coefficient (Wildman–Crippen LogP) is 3.91. The predicted molar refractivity (Wildman–Crippen MR) is 199 cm³/mol. The van der Waals surface area contributed by atoms with E-state index in [-0.39, 0.29) is 30.7 Å². The van der Waals surface area contributed by atoms with Gasteiger partial charge in [0.15, 0.2) is 0 Å². The fraction of sp³-hybridized carbons (Fsp3) is 0.513. The summed E-state index contributed by atoms with van der Waals surface area (Å²) in [7, 11) is -2.90. The third-order valence-electron chi connectivity index (χ3n) is 10.3. The fourth-order valence-corrected chi connectivity index (χ4v) is 8.36. The van der Waals surface area contributed by atoms with Crippen molar-refractivity contribution in [3.05, 3.63) is 71.8 Å². The van der Waals surface area contributed by atoms with Gasteiger partial charge >= 0.3 is 12.2 Å². The summed E-state index contributed by atoms with van der Waals surface area (Å²) in [6.07, 6.45) is 4.41. The van der Waals surface area contributed by atoms with E-state index in [2.05, 4.69) is 15.4 Å². The van der Waals surface area contributed by atoms with Crippen molar-refractivity contribution >= 4 is 39.9 Å². The first-order valence-corrected chi connectivity index (χ1v) is 20.1. The molecular weight excluding hydrogens is 731 g/mol. The maximum Gasteiger partial charge on any atom is 0.410 e. The number of nitrogens with one attached hydrogen (secondary N) is 3. The summed E-state index contributed by atoms with van der Waals surface area (Å²) >= 11 is 0. The Bertz CT molecular complexity index is 1920. The molecule has 296 valence electrons. The van der Waals surface area contributed by atoms with Crippen molar-refractivity contribution in [1.29, 1.82) is 0 Å².